The van der Waals surface area contributed by atoms with E-state index in [1.54, 1.807) is 18.3 Å². The van der Waals surface area contributed by atoms with Crippen molar-refractivity contribution in [3.63, 3.8) is 0 Å². The smallest absolute Gasteiger partial charge is 0.123 e. The Hall–Kier alpha value is -1.68. The normalized spacial score (nSPS) is 14.3. The van der Waals surface area contributed by atoms with Crippen LogP contribution in [0.25, 0.3) is 0 Å². The Labute approximate surface area is 113 Å². The average Bonchev–Trinajstić information content (AvgIpc) is 2.75. The van der Waals surface area contributed by atoms with Crippen LogP contribution < -0.4 is 5.73 Å². The lowest BCUT2D eigenvalue weighted by Crippen LogP contribution is -2.39. The van der Waals surface area contributed by atoms with Gasteiger partial charge in [0.15, 0.2) is 0 Å². The molecule has 2 N–H and O–H groups in total. The van der Waals surface area contributed by atoms with Crippen LogP contribution in [0.2, 0.25) is 0 Å². The molecule has 2 rings (SSSR count). The highest BCUT2D eigenvalue weighted by Crippen LogP contribution is 2.17. The standard InChI is InChI=1S/C15H20FN3/c1-15(17,9-7-14-8-10-18-19(14)2)11-12-3-5-13(16)6-4-12/h3-6,8,10H,7,9,11,17H2,1-2H3. The zero-order chi connectivity index (χ0) is 13.9. The summed E-state index contributed by atoms with van der Waals surface area (Å²) in [5, 5.41) is 4.15. The van der Waals surface area contributed by atoms with Crippen LogP contribution in [0.3, 0.4) is 0 Å². The van der Waals surface area contributed by atoms with Crippen LogP contribution in [-0.2, 0) is 19.9 Å². The molecule has 0 saturated carbocycles. The molecule has 0 fully saturated rings. The number of hydrogen-bond donors (Lipinski definition) is 1. The second-order valence-electron chi connectivity index (χ2n) is 5.40. The molecule has 1 atom stereocenters. The average molecular weight is 261 g/mol. The third-order valence-electron chi connectivity index (χ3n) is 3.40. The number of aryl methyl sites for hydroxylation is 2. The van der Waals surface area contributed by atoms with Crippen molar-refractivity contribution in [2.24, 2.45) is 12.8 Å². The molecule has 0 aliphatic heterocycles. The molecule has 4 heteroatoms. The Bertz CT molecular complexity index is 529. The monoisotopic (exact) mass is 261 g/mol. The summed E-state index contributed by atoms with van der Waals surface area (Å²) >= 11 is 0. The molecular weight excluding hydrogens is 241 g/mol. The maximum atomic E-state index is 12.9. The molecule has 0 spiro atoms. The number of rotatable bonds is 5. The first-order chi connectivity index (χ1) is 8.96. The van der Waals surface area contributed by atoms with Crippen LogP contribution in [0.15, 0.2) is 36.5 Å². The van der Waals surface area contributed by atoms with Gasteiger partial charge in [0.1, 0.15) is 5.82 Å². The predicted molar refractivity (Wildman–Crippen MR) is 74.2 cm³/mol. The fraction of sp³-hybridized carbons (Fsp3) is 0.400. The Morgan fingerprint density at radius 2 is 1.95 bits per heavy atom. The number of aromatic nitrogens is 2. The van der Waals surface area contributed by atoms with Crippen LogP contribution in [0, 0.1) is 5.82 Å². The van der Waals surface area contributed by atoms with Gasteiger partial charge in [-0.3, -0.25) is 4.68 Å². The van der Waals surface area contributed by atoms with Crippen LogP contribution in [0.1, 0.15) is 24.6 Å². The van der Waals surface area contributed by atoms with Gasteiger partial charge < -0.3 is 5.73 Å². The molecule has 3 nitrogen and oxygen atoms in total. The molecule has 1 aromatic carbocycles. The van der Waals surface area contributed by atoms with Gasteiger partial charge in [0.2, 0.25) is 0 Å². The molecule has 2 aromatic rings. The topological polar surface area (TPSA) is 43.8 Å². The van der Waals surface area contributed by atoms with Crippen LogP contribution >= 0.6 is 0 Å². The fourth-order valence-electron chi connectivity index (χ4n) is 2.22. The van der Waals surface area contributed by atoms with Gasteiger partial charge in [-0.25, -0.2) is 4.39 Å². The molecule has 0 amide bonds. The van der Waals surface area contributed by atoms with Gasteiger partial charge >= 0.3 is 0 Å². The SMILES string of the molecule is Cn1nccc1CCC(C)(N)Cc1ccc(F)cc1. The summed E-state index contributed by atoms with van der Waals surface area (Å²) in [7, 11) is 1.93. The molecular formula is C15H20FN3. The largest absolute Gasteiger partial charge is 0.325 e. The van der Waals surface area contributed by atoms with Crippen molar-refractivity contribution in [2.75, 3.05) is 0 Å². The minimum absolute atomic E-state index is 0.211. The Balaban J connectivity index is 1.94. The van der Waals surface area contributed by atoms with Crippen molar-refractivity contribution in [1.29, 1.82) is 0 Å². The summed E-state index contributed by atoms with van der Waals surface area (Å²) in [5.41, 5.74) is 8.27. The van der Waals surface area contributed by atoms with Gasteiger partial charge in [-0.1, -0.05) is 12.1 Å². The van der Waals surface area contributed by atoms with Crippen molar-refractivity contribution in [3.05, 3.63) is 53.6 Å². The lowest BCUT2D eigenvalue weighted by Gasteiger charge is -2.24. The number of nitrogens with zero attached hydrogens (tertiary/aromatic N) is 2. The van der Waals surface area contributed by atoms with Gasteiger partial charge in [0, 0.05) is 24.5 Å². The van der Waals surface area contributed by atoms with Crippen LogP contribution in [0.5, 0.6) is 0 Å². The van der Waals surface area contributed by atoms with E-state index in [4.69, 9.17) is 5.73 Å². The van der Waals surface area contributed by atoms with Crippen molar-refractivity contribution < 1.29 is 4.39 Å². The van der Waals surface area contributed by atoms with Gasteiger partial charge in [0.05, 0.1) is 0 Å². The van der Waals surface area contributed by atoms with E-state index in [1.807, 2.05) is 24.7 Å². The maximum Gasteiger partial charge on any atom is 0.123 e. The zero-order valence-corrected chi connectivity index (χ0v) is 11.4. The van der Waals surface area contributed by atoms with E-state index >= 15 is 0 Å². The van der Waals surface area contributed by atoms with Crippen molar-refractivity contribution in [2.45, 2.75) is 31.7 Å². The quantitative estimate of drug-likeness (QED) is 0.898. The van der Waals surface area contributed by atoms with Gasteiger partial charge in [-0.2, -0.15) is 5.10 Å². The summed E-state index contributed by atoms with van der Waals surface area (Å²) in [6, 6.07) is 8.56. The third-order valence-corrected chi connectivity index (χ3v) is 3.40. The molecule has 1 heterocycles. The minimum atomic E-state index is -0.303. The van der Waals surface area contributed by atoms with Gasteiger partial charge in [-0.05, 0) is 49.9 Å². The highest BCUT2D eigenvalue weighted by molar-refractivity contribution is 5.18. The van der Waals surface area contributed by atoms with Crippen LogP contribution in [-0.4, -0.2) is 15.3 Å². The molecule has 0 radical (unpaired) electrons. The highest BCUT2D eigenvalue weighted by atomic mass is 19.1. The molecule has 0 aliphatic rings. The molecule has 1 aromatic heterocycles. The zero-order valence-electron chi connectivity index (χ0n) is 11.4. The van der Waals surface area contributed by atoms with E-state index in [2.05, 4.69) is 5.10 Å². The van der Waals surface area contributed by atoms with E-state index < -0.39 is 0 Å². The first kappa shape index (κ1) is 13.7. The summed E-state index contributed by atoms with van der Waals surface area (Å²) < 4.78 is 14.7. The van der Waals surface area contributed by atoms with E-state index in [0.717, 1.165) is 24.8 Å². The lowest BCUT2D eigenvalue weighted by atomic mass is 9.89. The number of benzene rings is 1. The Kier molecular flexibility index (Phi) is 4.00. The molecule has 102 valence electrons. The second-order valence-corrected chi connectivity index (χ2v) is 5.40. The lowest BCUT2D eigenvalue weighted by molar-refractivity contribution is 0.424. The summed E-state index contributed by atoms with van der Waals surface area (Å²) in [6.07, 6.45) is 4.29. The van der Waals surface area contributed by atoms with Crippen molar-refractivity contribution in [3.8, 4) is 0 Å². The second kappa shape index (κ2) is 5.53. The van der Waals surface area contributed by atoms with Gasteiger partial charge in [0.25, 0.3) is 0 Å². The molecule has 19 heavy (non-hydrogen) atoms. The van der Waals surface area contributed by atoms with E-state index in [0.29, 0.717) is 0 Å². The number of hydrogen-bond acceptors (Lipinski definition) is 2. The molecule has 0 aliphatic carbocycles. The number of nitrogens with two attached hydrogens (primary N) is 1. The first-order valence-electron chi connectivity index (χ1n) is 6.46. The van der Waals surface area contributed by atoms with Crippen molar-refractivity contribution in [1.82, 2.24) is 9.78 Å². The van der Waals surface area contributed by atoms with E-state index in [1.165, 1.54) is 17.8 Å². The Morgan fingerprint density at radius 3 is 2.53 bits per heavy atom. The summed E-state index contributed by atoms with van der Waals surface area (Å²) in [6.45, 7) is 2.03. The van der Waals surface area contributed by atoms with E-state index in [-0.39, 0.29) is 11.4 Å². The Morgan fingerprint density at radius 1 is 1.26 bits per heavy atom. The minimum Gasteiger partial charge on any atom is -0.325 e. The summed E-state index contributed by atoms with van der Waals surface area (Å²) in [5.74, 6) is -0.211. The number of halogens is 1. The van der Waals surface area contributed by atoms with E-state index in [9.17, 15) is 4.39 Å². The maximum absolute atomic E-state index is 12.9. The third kappa shape index (κ3) is 3.89. The molecule has 0 saturated heterocycles. The van der Waals surface area contributed by atoms with Crippen molar-refractivity contribution >= 4 is 0 Å². The fourth-order valence-corrected chi connectivity index (χ4v) is 2.22. The van der Waals surface area contributed by atoms with Crippen LogP contribution in [0.4, 0.5) is 4.39 Å². The predicted octanol–water partition coefficient (Wildman–Crippen LogP) is 2.45. The first-order valence-corrected chi connectivity index (χ1v) is 6.46. The summed E-state index contributed by atoms with van der Waals surface area (Å²) in [4.78, 5) is 0. The highest BCUT2D eigenvalue weighted by Gasteiger charge is 2.19. The molecule has 0 bridgehead atoms. The van der Waals surface area contributed by atoms with Gasteiger partial charge in [-0.15, -0.1) is 0 Å². The molecule has 1 unspecified atom stereocenters.